The van der Waals surface area contributed by atoms with Gasteiger partial charge >= 0.3 is 18.3 Å². The van der Waals surface area contributed by atoms with Gasteiger partial charge in [0.05, 0.1) is 30.2 Å². The summed E-state index contributed by atoms with van der Waals surface area (Å²) in [5, 5.41) is 2.81. The van der Waals surface area contributed by atoms with Crippen LogP contribution in [0.25, 0.3) is 0 Å². The van der Waals surface area contributed by atoms with E-state index in [2.05, 4.69) is 5.32 Å². The van der Waals surface area contributed by atoms with Crippen LogP contribution in [0.2, 0.25) is 0 Å². The van der Waals surface area contributed by atoms with Crippen LogP contribution in [0.5, 0.6) is 0 Å². The second kappa shape index (κ2) is 9.20. The number of benzene rings is 2. The van der Waals surface area contributed by atoms with E-state index in [1.54, 1.807) is 45.0 Å². The van der Waals surface area contributed by atoms with E-state index in [4.69, 9.17) is 4.74 Å². The maximum absolute atomic E-state index is 13.1. The molecule has 1 unspecified atom stereocenters. The lowest BCUT2D eigenvalue weighted by Gasteiger charge is -2.26. The Bertz CT molecular complexity index is 871. The van der Waals surface area contributed by atoms with Gasteiger partial charge in [0.15, 0.2) is 0 Å². The summed E-state index contributed by atoms with van der Waals surface area (Å²) in [6.45, 7) is 5.25. The van der Waals surface area contributed by atoms with Crippen LogP contribution >= 0.6 is 0 Å². The number of carbonyl (C=O) groups excluding carboxylic acids is 1. The molecule has 0 bridgehead atoms. The molecule has 0 radical (unpaired) electrons. The zero-order valence-electron chi connectivity index (χ0n) is 17.4. The number of hydrogen-bond donors (Lipinski definition) is 1. The smallest absolute Gasteiger partial charge is 0.416 e. The first-order valence-corrected chi connectivity index (χ1v) is 9.47. The minimum atomic E-state index is -4.92. The van der Waals surface area contributed by atoms with Gasteiger partial charge in [-0.25, -0.2) is 0 Å². The highest BCUT2D eigenvalue weighted by Crippen LogP contribution is 2.39. The molecule has 0 aliphatic heterocycles. The van der Waals surface area contributed by atoms with Gasteiger partial charge in [-0.3, -0.25) is 4.79 Å². The molecule has 2 atom stereocenters. The zero-order chi connectivity index (χ0) is 23.6. The third-order valence-corrected chi connectivity index (χ3v) is 4.93. The summed E-state index contributed by atoms with van der Waals surface area (Å²) in [6, 6.07) is 7.60. The molecule has 170 valence electrons. The van der Waals surface area contributed by atoms with Crippen molar-refractivity contribution in [1.29, 1.82) is 0 Å². The largest absolute Gasteiger partial charge is 0.469 e. The summed E-state index contributed by atoms with van der Waals surface area (Å²) in [7, 11) is 1.27. The molecule has 31 heavy (non-hydrogen) atoms. The lowest BCUT2D eigenvalue weighted by atomic mass is 9.92. The van der Waals surface area contributed by atoms with E-state index in [0.717, 1.165) is 0 Å². The average molecular weight is 447 g/mol. The molecule has 0 amide bonds. The second-order valence-corrected chi connectivity index (χ2v) is 7.57. The van der Waals surface area contributed by atoms with E-state index in [1.807, 2.05) is 0 Å². The Morgan fingerprint density at radius 3 is 1.68 bits per heavy atom. The molecule has 0 saturated heterocycles. The van der Waals surface area contributed by atoms with Gasteiger partial charge in [-0.05, 0) is 42.2 Å². The highest BCUT2D eigenvalue weighted by Gasteiger charge is 2.37. The minimum Gasteiger partial charge on any atom is -0.469 e. The minimum absolute atomic E-state index is 0.0958. The fourth-order valence-electron chi connectivity index (χ4n) is 3.16. The molecule has 2 rings (SSSR count). The summed E-state index contributed by atoms with van der Waals surface area (Å²) in [4.78, 5) is 11.7. The molecule has 0 saturated carbocycles. The maximum Gasteiger partial charge on any atom is 0.416 e. The Morgan fingerprint density at radius 1 is 0.839 bits per heavy atom. The van der Waals surface area contributed by atoms with Crippen LogP contribution in [0.3, 0.4) is 0 Å². The Labute approximate surface area is 176 Å². The Kier molecular flexibility index (Phi) is 7.28. The normalized spacial score (nSPS) is 14.3. The van der Waals surface area contributed by atoms with Crippen molar-refractivity contribution in [2.24, 2.45) is 5.92 Å². The topological polar surface area (TPSA) is 38.3 Å². The SMILES string of the molecule is COC(=O)[C@@H](C)c1ccc(C(Nc2cc(C(F)(F)F)cc(C(F)(F)F)c2)C(C)C)cc1. The number of methoxy groups -OCH3 is 1. The number of carbonyl (C=O) groups is 1. The molecular formula is C22H23F6NO2. The Hall–Kier alpha value is -2.71. The highest BCUT2D eigenvalue weighted by molar-refractivity contribution is 5.77. The number of esters is 1. The van der Waals surface area contributed by atoms with Crippen molar-refractivity contribution in [3.8, 4) is 0 Å². The Balaban J connectivity index is 2.40. The number of alkyl halides is 6. The van der Waals surface area contributed by atoms with E-state index in [1.165, 1.54) is 7.11 Å². The van der Waals surface area contributed by atoms with Gasteiger partial charge in [0.2, 0.25) is 0 Å². The summed E-state index contributed by atoms with van der Waals surface area (Å²) in [5.74, 6) is -1.09. The van der Waals surface area contributed by atoms with Gasteiger partial charge in [-0.15, -0.1) is 0 Å². The van der Waals surface area contributed by atoms with Crippen molar-refractivity contribution in [2.45, 2.75) is 45.1 Å². The fraction of sp³-hybridized carbons (Fsp3) is 0.409. The van der Waals surface area contributed by atoms with E-state index >= 15 is 0 Å². The van der Waals surface area contributed by atoms with Crippen LogP contribution in [-0.4, -0.2) is 13.1 Å². The average Bonchev–Trinajstić information content (AvgIpc) is 2.69. The van der Waals surface area contributed by atoms with Gasteiger partial charge in [0.25, 0.3) is 0 Å². The first-order chi connectivity index (χ1) is 14.2. The van der Waals surface area contributed by atoms with Gasteiger partial charge in [-0.1, -0.05) is 38.1 Å². The Morgan fingerprint density at radius 2 is 1.29 bits per heavy atom. The van der Waals surface area contributed by atoms with Gasteiger partial charge in [0, 0.05) is 5.69 Å². The second-order valence-electron chi connectivity index (χ2n) is 7.57. The van der Waals surface area contributed by atoms with Gasteiger partial charge < -0.3 is 10.1 Å². The van der Waals surface area contributed by atoms with Crippen molar-refractivity contribution < 1.29 is 35.9 Å². The molecule has 0 aliphatic carbocycles. The highest BCUT2D eigenvalue weighted by atomic mass is 19.4. The number of nitrogens with one attached hydrogen (secondary N) is 1. The van der Waals surface area contributed by atoms with Crippen LogP contribution in [0.15, 0.2) is 42.5 Å². The third kappa shape index (κ3) is 6.15. The molecule has 0 spiro atoms. The van der Waals surface area contributed by atoms with Crippen LogP contribution in [-0.2, 0) is 21.9 Å². The molecule has 1 N–H and O–H groups in total. The van der Waals surface area contributed by atoms with Crippen molar-refractivity contribution in [2.75, 3.05) is 12.4 Å². The first-order valence-electron chi connectivity index (χ1n) is 9.47. The van der Waals surface area contributed by atoms with Crippen molar-refractivity contribution in [3.63, 3.8) is 0 Å². The predicted molar refractivity (Wildman–Crippen MR) is 105 cm³/mol. The lowest BCUT2D eigenvalue weighted by Crippen LogP contribution is -2.19. The summed E-state index contributed by atoms with van der Waals surface area (Å²) in [6.07, 6.45) is -9.84. The van der Waals surface area contributed by atoms with Gasteiger partial charge in [-0.2, -0.15) is 26.3 Å². The van der Waals surface area contributed by atoms with Crippen LogP contribution in [0.4, 0.5) is 32.0 Å². The van der Waals surface area contributed by atoms with E-state index in [-0.39, 0.29) is 17.7 Å². The predicted octanol–water partition coefficient (Wildman–Crippen LogP) is 6.81. The molecule has 0 heterocycles. The van der Waals surface area contributed by atoms with E-state index in [9.17, 15) is 31.1 Å². The number of ether oxygens (including phenoxy) is 1. The molecule has 2 aromatic rings. The standard InChI is InChI=1S/C22H23F6NO2/c1-12(2)19(15-7-5-14(6-8-15)13(3)20(30)31-4)29-18-10-16(21(23,24)25)9-17(11-18)22(26,27)28/h5-13,19,29H,1-4H3/t13-,19?/m0/s1. The van der Waals surface area contributed by atoms with Crippen LogP contribution in [0.1, 0.15) is 55.0 Å². The zero-order valence-corrected chi connectivity index (χ0v) is 17.4. The van der Waals surface area contributed by atoms with E-state index in [0.29, 0.717) is 23.3 Å². The van der Waals surface area contributed by atoms with Gasteiger partial charge in [0.1, 0.15) is 0 Å². The molecule has 0 aromatic heterocycles. The first kappa shape index (κ1) is 24.6. The molecule has 9 heteroatoms. The summed E-state index contributed by atoms with van der Waals surface area (Å²) in [5.41, 5.74) is -1.71. The third-order valence-electron chi connectivity index (χ3n) is 4.93. The van der Waals surface area contributed by atoms with Crippen molar-refractivity contribution in [1.82, 2.24) is 0 Å². The van der Waals surface area contributed by atoms with E-state index < -0.39 is 41.4 Å². The number of anilines is 1. The summed E-state index contributed by atoms with van der Waals surface area (Å²) < 4.78 is 83.5. The monoisotopic (exact) mass is 447 g/mol. The molecule has 2 aromatic carbocycles. The van der Waals surface area contributed by atoms with Crippen molar-refractivity contribution >= 4 is 11.7 Å². The number of rotatable bonds is 6. The molecule has 0 aliphatic rings. The molecule has 0 fully saturated rings. The molecular weight excluding hydrogens is 424 g/mol. The van der Waals surface area contributed by atoms with Crippen LogP contribution in [0, 0.1) is 5.92 Å². The van der Waals surface area contributed by atoms with Crippen molar-refractivity contribution in [3.05, 3.63) is 64.7 Å². The quantitative estimate of drug-likeness (QED) is 0.391. The molecule has 3 nitrogen and oxygen atoms in total. The fourth-order valence-corrected chi connectivity index (χ4v) is 3.16. The maximum atomic E-state index is 13.1. The lowest BCUT2D eigenvalue weighted by molar-refractivity contribution is -0.143. The van der Waals surface area contributed by atoms with Crippen LogP contribution < -0.4 is 5.32 Å². The number of hydrogen-bond acceptors (Lipinski definition) is 3. The summed E-state index contributed by atoms with van der Waals surface area (Å²) >= 11 is 0. The number of halogens is 6.